The third-order valence-corrected chi connectivity index (χ3v) is 3.51. The van der Waals surface area contributed by atoms with Gasteiger partial charge in [0.15, 0.2) is 0 Å². The molecule has 0 aliphatic rings. The largest absolute Gasteiger partial charge is 0.489 e. The van der Waals surface area contributed by atoms with E-state index in [1.165, 1.54) is 12.1 Å². The van der Waals surface area contributed by atoms with Crippen LogP contribution in [0.2, 0.25) is 0 Å². The van der Waals surface area contributed by atoms with Gasteiger partial charge in [0.1, 0.15) is 18.2 Å². The molecule has 0 saturated heterocycles. The average Bonchev–Trinajstić information content (AvgIpc) is 2.58. The normalized spacial score (nSPS) is 12.1. The lowest BCUT2D eigenvalue weighted by molar-refractivity contribution is 0.191. The minimum absolute atomic E-state index is 0.243. The van der Waals surface area contributed by atoms with Crippen molar-refractivity contribution in [3.63, 3.8) is 0 Å². The fourth-order valence-corrected chi connectivity index (χ4v) is 2.24. The van der Waals surface area contributed by atoms with Crippen molar-refractivity contribution in [2.75, 3.05) is 19.6 Å². The van der Waals surface area contributed by atoms with Crippen LogP contribution < -0.4 is 15.4 Å². The molecule has 0 aliphatic heterocycles. The Kier molecular flexibility index (Phi) is 7.68. The summed E-state index contributed by atoms with van der Waals surface area (Å²) in [6.45, 7) is 5.07. The Balaban J connectivity index is 1.78. The first-order valence-corrected chi connectivity index (χ1v) is 8.20. The summed E-state index contributed by atoms with van der Waals surface area (Å²) in [5.41, 5.74) is 2.01. The second-order valence-electron chi connectivity index (χ2n) is 5.75. The molecule has 0 unspecified atom stereocenters. The van der Waals surface area contributed by atoms with Gasteiger partial charge in [0.2, 0.25) is 0 Å². The maximum absolute atomic E-state index is 12.9. The Labute approximate surface area is 142 Å². The molecule has 0 aliphatic carbocycles. The second kappa shape index (κ2) is 10.0. The number of para-hydroxylation sites is 1. The molecular formula is C19H25FN2O2. The summed E-state index contributed by atoms with van der Waals surface area (Å²) >= 11 is 0. The molecule has 0 amide bonds. The van der Waals surface area contributed by atoms with Crippen molar-refractivity contribution in [3.05, 3.63) is 65.5 Å². The van der Waals surface area contributed by atoms with Crippen LogP contribution in [0.25, 0.3) is 0 Å². The number of ether oxygens (including phenoxy) is 1. The minimum atomic E-state index is -0.328. The number of hydrogen-bond donors (Lipinski definition) is 3. The van der Waals surface area contributed by atoms with Crippen LogP contribution in [0.15, 0.2) is 48.5 Å². The van der Waals surface area contributed by atoms with E-state index in [1.54, 1.807) is 19.1 Å². The van der Waals surface area contributed by atoms with Crippen LogP contribution >= 0.6 is 0 Å². The standard InChI is InChI=1S/C19H25FN2O2/c1-15(23)12-21-10-11-22-13-17-4-2-3-5-19(17)24-14-16-6-8-18(20)9-7-16/h2-9,15,21-23H,10-14H2,1H3/t15-/m0/s1. The monoisotopic (exact) mass is 332 g/mol. The van der Waals surface area contributed by atoms with Crippen molar-refractivity contribution < 1.29 is 14.2 Å². The maximum atomic E-state index is 12.9. The highest BCUT2D eigenvalue weighted by Gasteiger charge is 2.03. The Morgan fingerprint density at radius 2 is 1.75 bits per heavy atom. The van der Waals surface area contributed by atoms with Gasteiger partial charge in [-0.2, -0.15) is 0 Å². The molecule has 130 valence electrons. The summed E-state index contributed by atoms with van der Waals surface area (Å²) in [5, 5.41) is 15.7. The van der Waals surface area contributed by atoms with E-state index in [2.05, 4.69) is 10.6 Å². The van der Waals surface area contributed by atoms with Crippen LogP contribution in [0.3, 0.4) is 0 Å². The van der Waals surface area contributed by atoms with E-state index in [4.69, 9.17) is 4.74 Å². The molecule has 2 rings (SSSR count). The van der Waals surface area contributed by atoms with Gasteiger partial charge in [-0.25, -0.2) is 4.39 Å². The van der Waals surface area contributed by atoms with E-state index in [0.717, 1.165) is 30.0 Å². The van der Waals surface area contributed by atoms with E-state index in [0.29, 0.717) is 19.7 Å². The van der Waals surface area contributed by atoms with Crippen LogP contribution in [-0.2, 0) is 13.2 Å². The second-order valence-corrected chi connectivity index (χ2v) is 5.75. The van der Waals surface area contributed by atoms with E-state index in [9.17, 15) is 9.50 Å². The Morgan fingerprint density at radius 1 is 1.04 bits per heavy atom. The molecule has 5 heteroatoms. The minimum Gasteiger partial charge on any atom is -0.489 e. The molecule has 3 N–H and O–H groups in total. The van der Waals surface area contributed by atoms with Crippen molar-refractivity contribution >= 4 is 0 Å². The summed E-state index contributed by atoms with van der Waals surface area (Å²) < 4.78 is 18.8. The average molecular weight is 332 g/mol. The first-order chi connectivity index (χ1) is 11.6. The van der Waals surface area contributed by atoms with E-state index in [-0.39, 0.29) is 11.9 Å². The number of nitrogens with one attached hydrogen (secondary N) is 2. The third kappa shape index (κ3) is 6.66. The number of rotatable bonds is 10. The van der Waals surface area contributed by atoms with Crippen molar-refractivity contribution in [1.29, 1.82) is 0 Å². The lowest BCUT2D eigenvalue weighted by Crippen LogP contribution is -2.31. The van der Waals surface area contributed by atoms with Gasteiger partial charge in [-0.3, -0.25) is 0 Å². The van der Waals surface area contributed by atoms with E-state index >= 15 is 0 Å². The number of halogens is 1. The molecular weight excluding hydrogens is 307 g/mol. The molecule has 1 atom stereocenters. The van der Waals surface area contributed by atoms with Gasteiger partial charge in [-0.15, -0.1) is 0 Å². The van der Waals surface area contributed by atoms with Crippen LogP contribution in [0.4, 0.5) is 4.39 Å². The predicted octanol–water partition coefficient (Wildman–Crippen LogP) is 2.46. The summed E-state index contributed by atoms with van der Waals surface area (Å²) in [6, 6.07) is 14.2. The van der Waals surface area contributed by atoms with Crippen LogP contribution in [-0.4, -0.2) is 30.8 Å². The van der Waals surface area contributed by atoms with Crippen molar-refractivity contribution in [1.82, 2.24) is 10.6 Å². The summed E-state index contributed by atoms with van der Waals surface area (Å²) in [5.74, 6) is 0.582. The highest BCUT2D eigenvalue weighted by molar-refractivity contribution is 5.33. The number of hydrogen-bond acceptors (Lipinski definition) is 4. The molecule has 0 fully saturated rings. The maximum Gasteiger partial charge on any atom is 0.124 e. The topological polar surface area (TPSA) is 53.5 Å². The molecule has 0 radical (unpaired) electrons. The SMILES string of the molecule is C[C@H](O)CNCCNCc1ccccc1OCc1ccc(F)cc1. The van der Waals surface area contributed by atoms with Gasteiger partial charge in [-0.05, 0) is 30.7 Å². The van der Waals surface area contributed by atoms with Crippen molar-refractivity contribution in [2.45, 2.75) is 26.2 Å². The molecule has 4 nitrogen and oxygen atoms in total. The zero-order chi connectivity index (χ0) is 17.2. The fraction of sp³-hybridized carbons (Fsp3) is 0.368. The highest BCUT2D eigenvalue weighted by Crippen LogP contribution is 2.19. The van der Waals surface area contributed by atoms with Crippen LogP contribution in [0.5, 0.6) is 5.75 Å². The van der Waals surface area contributed by atoms with E-state index in [1.807, 2.05) is 24.3 Å². The number of aliphatic hydroxyl groups excluding tert-OH is 1. The van der Waals surface area contributed by atoms with Crippen molar-refractivity contribution in [3.8, 4) is 5.75 Å². The van der Waals surface area contributed by atoms with Gasteiger partial charge >= 0.3 is 0 Å². The first kappa shape index (κ1) is 18.4. The number of benzene rings is 2. The summed E-state index contributed by atoms with van der Waals surface area (Å²) in [7, 11) is 0. The number of aliphatic hydroxyl groups is 1. The lowest BCUT2D eigenvalue weighted by atomic mass is 10.2. The fourth-order valence-electron chi connectivity index (χ4n) is 2.24. The first-order valence-electron chi connectivity index (χ1n) is 8.20. The molecule has 2 aromatic carbocycles. The predicted molar refractivity (Wildman–Crippen MR) is 93.4 cm³/mol. The molecule has 0 bridgehead atoms. The summed E-state index contributed by atoms with van der Waals surface area (Å²) in [6.07, 6.45) is -0.328. The summed E-state index contributed by atoms with van der Waals surface area (Å²) in [4.78, 5) is 0. The molecule has 24 heavy (non-hydrogen) atoms. The molecule has 0 heterocycles. The molecule has 2 aromatic rings. The van der Waals surface area contributed by atoms with Crippen LogP contribution in [0.1, 0.15) is 18.1 Å². The Morgan fingerprint density at radius 3 is 2.50 bits per heavy atom. The quantitative estimate of drug-likeness (QED) is 0.585. The third-order valence-electron chi connectivity index (χ3n) is 3.51. The van der Waals surface area contributed by atoms with Gasteiger partial charge in [-0.1, -0.05) is 30.3 Å². The molecule has 0 aromatic heterocycles. The van der Waals surface area contributed by atoms with Gasteiger partial charge in [0.25, 0.3) is 0 Å². The van der Waals surface area contributed by atoms with Crippen LogP contribution in [0, 0.1) is 5.82 Å². The van der Waals surface area contributed by atoms with Crippen molar-refractivity contribution in [2.24, 2.45) is 0 Å². The van der Waals surface area contributed by atoms with Gasteiger partial charge in [0.05, 0.1) is 6.10 Å². The smallest absolute Gasteiger partial charge is 0.124 e. The Bertz CT molecular complexity index is 603. The molecule has 0 spiro atoms. The molecule has 0 saturated carbocycles. The zero-order valence-electron chi connectivity index (χ0n) is 14.0. The zero-order valence-corrected chi connectivity index (χ0v) is 14.0. The van der Waals surface area contributed by atoms with Gasteiger partial charge in [0, 0.05) is 31.7 Å². The van der Waals surface area contributed by atoms with E-state index < -0.39 is 0 Å². The van der Waals surface area contributed by atoms with Gasteiger partial charge < -0.3 is 20.5 Å². The lowest BCUT2D eigenvalue weighted by Gasteiger charge is -2.13. The highest BCUT2D eigenvalue weighted by atomic mass is 19.1. The Hall–Kier alpha value is -1.95.